The molecule has 31 heavy (non-hydrogen) atoms. The summed E-state index contributed by atoms with van der Waals surface area (Å²) in [5, 5.41) is 15.0. The predicted octanol–water partition coefficient (Wildman–Crippen LogP) is 4.25. The summed E-state index contributed by atoms with van der Waals surface area (Å²) in [5.41, 5.74) is 5.07. The van der Waals surface area contributed by atoms with E-state index in [1.54, 1.807) is 62.6 Å². The maximum absolute atomic E-state index is 12.0. The van der Waals surface area contributed by atoms with E-state index in [9.17, 15) is 14.9 Å². The van der Waals surface area contributed by atoms with Crippen LogP contribution in [0.3, 0.4) is 0 Å². The molecule has 3 rings (SSSR count). The average Bonchev–Trinajstić information content (AvgIpc) is 2.78. The molecule has 3 aromatic rings. The van der Waals surface area contributed by atoms with Crippen molar-refractivity contribution < 1.29 is 19.2 Å². The fourth-order valence-corrected chi connectivity index (χ4v) is 2.89. The van der Waals surface area contributed by atoms with Crippen molar-refractivity contribution in [3.05, 3.63) is 99.1 Å². The van der Waals surface area contributed by atoms with Gasteiger partial charge in [-0.2, -0.15) is 5.10 Å². The van der Waals surface area contributed by atoms with Crippen molar-refractivity contribution in [3.8, 4) is 11.5 Å². The second-order valence-corrected chi connectivity index (χ2v) is 6.63. The summed E-state index contributed by atoms with van der Waals surface area (Å²) in [4.78, 5) is 22.6. The minimum atomic E-state index is -0.429. The van der Waals surface area contributed by atoms with E-state index < -0.39 is 4.92 Å². The first kappa shape index (κ1) is 21.5. The number of rotatable bonds is 8. The lowest BCUT2D eigenvalue weighted by molar-refractivity contribution is -0.385. The van der Waals surface area contributed by atoms with Crippen molar-refractivity contribution in [2.24, 2.45) is 5.10 Å². The van der Waals surface area contributed by atoms with Gasteiger partial charge in [0.15, 0.2) is 0 Å². The number of amides is 1. The molecule has 0 fully saturated rings. The average molecular weight is 419 g/mol. The zero-order valence-electron chi connectivity index (χ0n) is 17.1. The van der Waals surface area contributed by atoms with E-state index in [1.165, 1.54) is 12.3 Å². The topological polar surface area (TPSA) is 103 Å². The van der Waals surface area contributed by atoms with Crippen molar-refractivity contribution in [2.45, 2.75) is 13.5 Å². The van der Waals surface area contributed by atoms with E-state index in [0.717, 1.165) is 11.1 Å². The first-order chi connectivity index (χ1) is 15.0. The Morgan fingerprint density at radius 1 is 1.13 bits per heavy atom. The third-order valence-corrected chi connectivity index (χ3v) is 4.48. The Morgan fingerprint density at radius 2 is 1.90 bits per heavy atom. The highest BCUT2D eigenvalue weighted by Crippen LogP contribution is 2.25. The molecule has 0 atom stereocenters. The number of aryl methyl sites for hydroxylation is 1. The van der Waals surface area contributed by atoms with Gasteiger partial charge in [0, 0.05) is 22.8 Å². The Hall–Kier alpha value is -4.20. The number of nitro groups is 1. The molecule has 0 radical (unpaired) electrons. The molecule has 3 aromatic carbocycles. The van der Waals surface area contributed by atoms with Gasteiger partial charge in [0.25, 0.3) is 11.6 Å². The number of nitro benzene ring substituents is 1. The van der Waals surface area contributed by atoms with Crippen LogP contribution in [-0.4, -0.2) is 24.2 Å². The fraction of sp³-hybridized carbons (Fsp3) is 0.130. The first-order valence-electron chi connectivity index (χ1n) is 9.41. The second-order valence-electron chi connectivity index (χ2n) is 6.63. The standard InChI is InChI=1S/C23H21N3O5/c1-16-12-20(9-10-21(16)26(28)29)31-15-19-13-17(8-11-22(19)30-2)14-24-25-23(27)18-6-4-3-5-7-18/h3-14H,15H2,1-2H3,(H,25,27)/b24-14+. The summed E-state index contributed by atoms with van der Waals surface area (Å²) in [7, 11) is 1.56. The molecule has 0 bridgehead atoms. The van der Waals surface area contributed by atoms with Gasteiger partial charge in [-0.25, -0.2) is 5.43 Å². The van der Waals surface area contributed by atoms with Gasteiger partial charge in [-0.05, 0) is 55.0 Å². The Kier molecular flexibility index (Phi) is 6.95. The number of methoxy groups -OCH3 is 1. The van der Waals surface area contributed by atoms with Gasteiger partial charge in [0.05, 0.1) is 18.2 Å². The molecule has 8 heteroatoms. The summed E-state index contributed by atoms with van der Waals surface area (Å²) < 4.78 is 11.2. The number of nitrogens with zero attached hydrogens (tertiary/aromatic N) is 2. The van der Waals surface area contributed by atoms with Crippen LogP contribution in [0.25, 0.3) is 0 Å². The van der Waals surface area contributed by atoms with Crippen LogP contribution in [0, 0.1) is 17.0 Å². The molecule has 0 spiro atoms. The highest BCUT2D eigenvalue weighted by molar-refractivity contribution is 5.94. The quantitative estimate of drug-likeness (QED) is 0.334. The van der Waals surface area contributed by atoms with Crippen molar-refractivity contribution in [3.63, 3.8) is 0 Å². The molecule has 0 saturated heterocycles. The van der Waals surface area contributed by atoms with Crippen LogP contribution >= 0.6 is 0 Å². The minimum absolute atomic E-state index is 0.0423. The number of hydrazone groups is 1. The number of ether oxygens (including phenoxy) is 2. The predicted molar refractivity (Wildman–Crippen MR) is 117 cm³/mol. The maximum Gasteiger partial charge on any atom is 0.272 e. The Labute approximate surface area is 179 Å². The van der Waals surface area contributed by atoms with E-state index in [0.29, 0.717) is 22.6 Å². The summed E-state index contributed by atoms with van der Waals surface area (Å²) >= 11 is 0. The van der Waals surface area contributed by atoms with Crippen molar-refractivity contribution in [2.75, 3.05) is 7.11 Å². The van der Waals surface area contributed by atoms with Gasteiger partial charge in [-0.3, -0.25) is 14.9 Å². The first-order valence-corrected chi connectivity index (χ1v) is 9.41. The Bertz CT molecular complexity index is 1110. The molecule has 0 aliphatic heterocycles. The molecule has 0 aliphatic rings. The molecule has 0 heterocycles. The summed E-state index contributed by atoms with van der Waals surface area (Å²) in [6.07, 6.45) is 1.53. The van der Waals surface area contributed by atoms with Crippen molar-refractivity contribution in [1.82, 2.24) is 5.43 Å². The number of nitrogens with one attached hydrogen (secondary N) is 1. The van der Waals surface area contributed by atoms with Crippen molar-refractivity contribution >= 4 is 17.8 Å². The summed E-state index contributed by atoms with van der Waals surface area (Å²) in [6.45, 7) is 1.85. The van der Waals surface area contributed by atoms with Gasteiger partial charge >= 0.3 is 0 Å². The lowest BCUT2D eigenvalue weighted by Gasteiger charge is -2.11. The third kappa shape index (κ3) is 5.66. The highest BCUT2D eigenvalue weighted by atomic mass is 16.6. The second kappa shape index (κ2) is 10.0. The van der Waals surface area contributed by atoms with E-state index in [1.807, 2.05) is 12.1 Å². The lowest BCUT2D eigenvalue weighted by Crippen LogP contribution is -2.17. The minimum Gasteiger partial charge on any atom is -0.496 e. The molecule has 0 aliphatic carbocycles. The monoisotopic (exact) mass is 419 g/mol. The molecule has 1 N–H and O–H groups in total. The molecule has 8 nitrogen and oxygen atoms in total. The molecular weight excluding hydrogens is 398 g/mol. The lowest BCUT2D eigenvalue weighted by atomic mass is 10.1. The number of carbonyl (C=O) groups excluding carboxylic acids is 1. The van der Waals surface area contributed by atoms with Crippen LogP contribution in [0.15, 0.2) is 71.8 Å². The normalized spacial score (nSPS) is 10.6. The van der Waals surface area contributed by atoms with Crippen molar-refractivity contribution in [1.29, 1.82) is 0 Å². The van der Waals surface area contributed by atoms with Gasteiger partial charge in [-0.15, -0.1) is 0 Å². The molecular formula is C23H21N3O5. The molecule has 158 valence electrons. The molecule has 0 saturated carbocycles. The van der Waals surface area contributed by atoms with Gasteiger partial charge in [0.1, 0.15) is 18.1 Å². The van der Waals surface area contributed by atoms with Crippen LogP contribution in [-0.2, 0) is 6.61 Å². The number of benzene rings is 3. The Morgan fingerprint density at radius 3 is 2.58 bits per heavy atom. The largest absolute Gasteiger partial charge is 0.496 e. The zero-order chi connectivity index (χ0) is 22.2. The van der Waals surface area contributed by atoms with Gasteiger partial charge in [-0.1, -0.05) is 18.2 Å². The highest BCUT2D eigenvalue weighted by Gasteiger charge is 2.11. The van der Waals surface area contributed by atoms with Gasteiger partial charge < -0.3 is 9.47 Å². The van der Waals surface area contributed by atoms with E-state index in [4.69, 9.17) is 9.47 Å². The van der Waals surface area contributed by atoms with Crippen LogP contribution in [0.4, 0.5) is 5.69 Å². The van der Waals surface area contributed by atoms with Gasteiger partial charge in [0.2, 0.25) is 0 Å². The van der Waals surface area contributed by atoms with Crippen LogP contribution < -0.4 is 14.9 Å². The SMILES string of the molecule is COc1ccc(/C=N/NC(=O)c2ccccc2)cc1COc1ccc([N+](=O)[O-])c(C)c1. The van der Waals surface area contributed by atoms with Crippen LogP contribution in [0.5, 0.6) is 11.5 Å². The van der Waals surface area contributed by atoms with E-state index in [-0.39, 0.29) is 18.2 Å². The van der Waals surface area contributed by atoms with Crippen LogP contribution in [0.2, 0.25) is 0 Å². The summed E-state index contributed by atoms with van der Waals surface area (Å²) in [5.74, 6) is 0.839. The maximum atomic E-state index is 12.0. The number of carbonyl (C=O) groups is 1. The molecule has 0 unspecified atom stereocenters. The number of hydrogen-bond acceptors (Lipinski definition) is 6. The van der Waals surface area contributed by atoms with E-state index >= 15 is 0 Å². The smallest absolute Gasteiger partial charge is 0.272 e. The zero-order valence-corrected chi connectivity index (χ0v) is 17.1. The van der Waals surface area contributed by atoms with E-state index in [2.05, 4.69) is 10.5 Å². The third-order valence-electron chi connectivity index (χ3n) is 4.48. The Balaban J connectivity index is 1.68. The van der Waals surface area contributed by atoms with Crippen LogP contribution in [0.1, 0.15) is 27.0 Å². The summed E-state index contributed by atoms with van der Waals surface area (Å²) in [6, 6.07) is 18.8. The molecule has 1 amide bonds. The molecule has 0 aromatic heterocycles. The number of hydrogen-bond donors (Lipinski definition) is 1. The fourth-order valence-electron chi connectivity index (χ4n) is 2.89.